The zero-order valence-electron chi connectivity index (χ0n) is 11.4. The van der Waals surface area contributed by atoms with Crippen LogP contribution in [0.2, 0.25) is 0 Å². The Morgan fingerprint density at radius 1 is 1.25 bits per heavy atom. The molecule has 1 aromatic heterocycles. The SMILES string of the molecule is CC1(C)NC(=O)CN(c2cnc3ccccc3c2)C1=O. The molecule has 102 valence electrons. The van der Waals surface area contributed by atoms with E-state index in [0.29, 0.717) is 5.69 Å². The third-order valence-electron chi connectivity index (χ3n) is 3.42. The van der Waals surface area contributed by atoms with Crippen molar-refractivity contribution >= 4 is 28.4 Å². The molecule has 0 saturated carbocycles. The van der Waals surface area contributed by atoms with E-state index in [1.165, 1.54) is 4.90 Å². The van der Waals surface area contributed by atoms with E-state index in [9.17, 15) is 9.59 Å². The Hall–Kier alpha value is -2.43. The summed E-state index contributed by atoms with van der Waals surface area (Å²) in [5.74, 6) is -0.295. The fraction of sp³-hybridized carbons (Fsp3) is 0.267. The van der Waals surface area contributed by atoms with Crippen molar-refractivity contribution in [3.63, 3.8) is 0 Å². The molecular formula is C15H15N3O2. The number of nitrogens with zero attached hydrogens (tertiary/aromatic N) is 2. The molecule has 20 heavy (non-hydrogen) atoms. The Morgan fingerprint density at radius 2 is 2.00 bits per heavy atom. The minimum Gasteiger partial charge on any atom is -0.341 e. The van der Waals surface area contributed by atoms with Crippen LogP contribution in [0.1, 0.15) is 13.8 Å². The maximum Gasteiger partial charge on any atom is 0.252 e. The van der Waals surface area contributed by atoms with Crippen LogP contribution in [0.3, 0.4) is 0 Å². The van der Waals surface area contributed by atoms with Gasteiger partial charge in [0.15, 0.2) is 0 Å². The minimum atomic E-state index is -0.888. The van der Waals surface area contributed by atoms with Gasteiger partial charge < -0.3 is 5.32 Å². The molecule has 3 rings (SSSR count). The van der Waals surface area contributed by atoms with Gasteiger partial charge >= 0.3 is 0 Å². The van der Waals surface area contributed by atoms with Crippen molar-refractivity contribution in [3.05, 3.63) is 36.5 Å². The van der Waals surface area contributed by atoms with Gasteiger partial charge in [-0.1, -0.05) is 18.2 Å². The van der Waals surface area contributed by atoms with Gasteiger partial charge in [-0.2, -0.15) is 0 Å². The highest BCUT2D eigenvalue weighted by atomic mass is 16.2. The van der Waals surface area contributed by atoms with Crippen LogP contribution in [0.5, 0.6) is 0 Å². The second kappa shape index (κ2) is 4.30. The highest BCUT2D eigenvalue weighted by Crippen LogP contribution is 2.24. The van der Waals surface area contributed by atoms with E-state index in [-0.39, 0.29) is 18.4 Å². The number of aromatic nitrogens is 1. The van der Waals surface area contributed by atoms with Crippen molar-refractivity contribution in [1.82, 2.24) is 10.3 Å². The normalized spacial score (nSPS) is 18.2. The van der Waals surface area contributed by atoms with Gasteiger partial charge in [-0.3, -0.25) is 19.5 Å². The predicted octanol–water partition coefficient (Wildman–Crippen LogP) is 1.48. The van der Waals surface area contributed by atoms with Gasteiger partial charge in [0.05, 0.1) is 17.4 Å². The average molecular weight is 269 g/mol. The molecule has 0 radical (unpaired) electrons. The van der Waals surface area contributed by atoms with E-state index < -0.39 is 5.54 Å². The maximum absolute atomic E-state index is 12.4. The fourth-order valence-corrected chi connectivity index (χ4v) is 2.41. The average Bonchev–Trinajstić information content (AvgIpc) is 2.42. The Labute approximate surface area is 116 Å². The minimum absolute atomic E-state index is 0.0300. The summed E-state index contributed by atoms with van der Waals surface area (Å²) in [6, 6.07) is 9.56. The van der Waals surface area contributed by atoms with E-state index in [1.807, 2.05) is 30.3 Å². The summed E-state index contributed by atoms with van der Waals surface area (Å²) in [6.45, 7) is 3.43. The van der Waals surface area contributed by atoms with Crippen molar-refractivity contribution < 1.29 is 9.59 Å². The first kappa shape index (κ1) is 12.6. The van der Waals surface area contributed by atoms with Crippen LogP contribution < -0.4 is 10.2 Å². The molecule has 1 saturated heterocycles. The van der Waals surface area contributed by atoms with Crippen LogP contribution in [0.15, 0.2) is 36.5 Å². The monoisotopic (exact) mass is 269 g/mol. The van der Waals surface area contributed by atoms with Crippen LogP contribution in [-0.2, 0) is 9.59 Å². The molecule has 2 aromatic rings. The number of fused-ring (bicyclic) bond motifs is 1. The lowest BCUT2D eigenvalue weighted by Crippen LogP contribution is -2.64. The lowest BCUT2D eigenvalue weighted by molar-refractivity contribution is -0.134. The van der Waals surface area contributed by atoms with Crippen molar-refractivity contribution in [2.75, 3.05) is 11.4 Å². The zero-order valence-corrected chi connectivity index (χ0v) is 11.4. The van der Waals surface area contributed by atoms with Gasteiger partial charge in [0.1, 0.15) is 12.1 Å². The van der Waals surface area contributed by atoms with Gasteiger partial charge in [-0.15, -0.1) is 0 Å². The van der Waals surface area contributed by atoms with Crippen LogP contribution in [0.25, 0.3) is 10.9 Å². The molecule has 1 aromatic carbocycles. The maximum atomic E-state index is 12.4. The Balaban J connectivity index is 2.05. The third kappa shape index (κ3) is 2.01. The van der Waals surface area contributed by atoms with Crippen molar-refractivity contribution in [2.45, 2.75) is 19.4 Å². The van der Waals surface area contributed by atoms with E-state index in [0.717, 1.165) is 10.9 Å². The standard InChI is InChI=1S/C15H15N3O2/c1-15(2)14(20)18(9-13(19)17-15)11-7-10-5-3-4-6-12(10)16-8-11/h3-8H,9H2,1-2H3,(H,17,19). The summed E-state index contributed by atoms with van der Waals surface area (Å²) in [6.07, 6.45) is 1.63. The number of anilines is 1. The number of carbonyl (C=O) groups is 2. The summed E-state index contributed by atoms with van der Waals surface area (Å²) >= 11 is 0. The van der Waals surface area contributed by atoms with Crippen LogP contribution >= 0.6 is 0 Å². The first-order chi connectivity index (χ1) is 9.47. The number of pyridine rings is 1. The van der Waals surface area contributed by atoms with Crippen molar-refractivity contribution in [3.8, 4) is 0 Å². The third-order valence-corrected chi connectivity index (χ3v) is 3.42. The zero-order chi connectivity index (χ0) is 14.3. The Bertz CT molecular complexity index is 709. The number of hydrogen-bond donors (Lipinski definition) is 1. The second-order valence-corrected chi connectivity index (χ2v) is 5.45. The lowest BCUT2D eigenvalue weighted by Gasteiger charge is -2.37. The lowest BCUT2D eigenvalue weighted by atomic mass is 10.00. The Morgan fingerprint density at radius 3 is 2.80 bits per heavy atom. The number of amides is 2. The van der Waals surface area contributed by atoms with Gasteiger partial charge in [-0.25, -0.2) is 0 Å². The molecule has 0 aliphatic carbocycles. The summed E-state index contributed by atoms with van der Waals surface area (Å²) in [5.41, 5.74) is 0.627. The van der Waals surface area contributed by atoms with Crippen LogP contribution in [0, 0.1) is 0 Å². The van der Waals surface area contributed by atoms with E-state index in [1.54, 1.807) is 20.0 Å². The van der Waals surface area contributed by atoms with Crippen LogP contribution in [-0.4, -0.2) is 28.9 Å². The fourth-order valence-electron chi connectivity index (χ4n) is 2.41. The van der Waals surface area contributed by atoms with Gasteiger partial charge in [-0.05, 0) is 26.0 Å². The van der Waals surface area contributed by atoms with Crippen molar-refractivity contribution in [1.29, 1.82) is 0 Å². The topological polar surface area (TPSA) is 62.3 Å². The van der Waals surface area contributed by atoms with Gasteiger partial charge in [0.25, 0.3) is 5.91 Å². The molecule has 2 heterocycles. The van der Waals surface area contributed by atoms with E-state index >= 15 is 0 Å². The molecule has 0 atom stereocenters. The molecule has 0 spiro atoms. The summed E-state index contributed by atoms with van der Waals surface area (Å²) < 4.78 is 0. The first-order valence-electron chi connectivity index (χ1n) is 6.45. The molecule has 0 bridgehead atoms. The number of rotatable bonds is 1. The summed E-state index contributed by atoms with van der Waals surface area (Å²) in [5, 5.41) is 3.64. The molecule has 5 heteroatoms. The Kier molecular flexibility index (Phi) is 2.71. The number of carbonyl (C=O) groups excluding carboxylic acids is 2. The number of hydrogen-bond acceptors (Lipinski definition) is 3. The largest absolute Gasteiger partial charge is 0.341 e. The number of piperazine rings is 1. The summed E-state index contributed by atoms with van der Waals surface area (Å²) in [7, 11) is 0. The predicted molar refractivity (Wildman–Crippen MR) is 76.3 cm³/mol. The van der Waals surface area contributed by atoms with Crippen LogP contribution in [0.4, 0.5) is 5.69 Å². The highest BCUT2D eigenvalue weighted by Gasteiger charge is 2.39. The van der Waals surface area contributed by atoms with Crippen molar-refractivity contribution in [2.24, 2.45) is 0 Å². The van der Waals surface area contributed by atoms with Gasteiger partial charge in [0, 0.05) is 5.39 Å². The number of nitrogens with one attached hydrogen (secondary N) is 1. The molecular weight excluding hydrogens is 254 g/mol. The quantitative estimate of drug-likeness (QED) is 0.853. The molecule has 2 amide bonds. The summed E-state index contributed by atoms with van der Waals surface area (Å²) in [4.78, 5) is 30.0. The van der Waals surface area contributed by atoms with E-state index in [2.05, 4.69) is 10.3 Å². The molecule has 0 unspecified atom stereocenters. The highest BCUT2D eigenvalue weighted by molar-refractivity contribution is 6.09. The second-order valence-electron chi connectivity index (χ2n) is 5.45. The number of benzene rings is 1. The molecule has 1 aliphatic rings. The number of para-hydroxylation sites is 1. The molecule has 5 nitrogen and oxygen atoms in total. The molecule has 1 fully saturated rings. The molecule has 1 aliphatic heterocycles. The van der Waals surface area contributed by atoms with E-state index in [4.69, 9.17) is 0 Å². The first-order valence-corrected chi connectivity index (χ1v) is 6.45. The molecule has 1 N–H and O–H groups in total. The smallest absolute Gasteiger partial charge is 0.252 e. The van der Waals surface area contributed by atoms with Gasteiger partial charge in [0.2, 0.25) is 5.91 Å².